The summed E-state index contributed by atoms with van der Waals surface area (Å²) in [7, 11) is 3.52. The van der Waals surface area contributed by atoms with Crippen LogP contribution in [0, 0.1) is 6.92 Å². The second kappa shape index (κ2) is 7.11. The van der Waals surface area contributed by atoms with Crippen LogP contribution in [0.2, 0.25) is 0 Å². The van der Waals surface area contributed by atoms with E-state index in [0.29, 0.717) is 18.5 Å². The first-order valence-electron chi connectivity index (χ1n) is 8.37. The minimum atomic E-state index is -0.195. The zero-order valence-corrected chi connectivity index (χ0v) is 14.7. The maximum atomic E-state index is 12.5. The van der Waals surface area contributed by atoms with Gasteiger partial charge in [-0.1, -0.05) is 12.1 Å². The number of likely N-dealkylation sites (tertiary alicyclic amines) is 1. The van der Waals surface area contributed by atoms with Crippen molar-refractivity contribution < 1.29 is 14.0 Å². The van der Waals surface area contributed by atoms with Crippen molar-refractivity contribution >= 4 is 11.8 Å². The Morgan fingerprint density at radius 2 is 1.88 bits per heavy atom. The van der Waals surface area contributed by atoms with Gasteiger partial charge in [-0.25, -0.2) is 0 Å². The number of hydrogen-bond acceptors (Lipinski definition) is 4. The number of amides is 2. The first-order chi connectivity index (χ1) is 12.0. The molecule has 2 N–H and O–H groups in total. The molecule has 1 aliphatic heterocycles. The van der Waals surface area contributed by atoms with E-state index in [4.69, 9.17) is 4.42 Å². The predicted molar refractivity (Wildman–Crippen MR) is 95.2 cm³/mol. The van der Waals surface area contributed by atoms with Gasteiger partial charge >= 0.3 is 0 Å². The van der Waals surface area contributed by atoms with Crippen LogP contribution in [0.5, 0.6) is 0 Å². The summed E-state index contributed by atoms with van der Waals surface area (Å²) < 4.78 is 5.59. The molecule has 1 aliphatic rings. The molecule has 1 saturated heterocycles. The molecule has 0 aliphatic carbocycles. The number of nitrogens with zero attached hydrogens (tertiary/aromatic N) is 1. The van der Waals surface area contributed by atoms with Crippen LogP contribution in [0.3, 0.4) is 0 Å². The van der Waals surface area contributed by atoms with Gasteiger partial charge in [-0.05, 0) is 44.7 Å². The van der Waals surface area contributed by atoms with Gasteiger partial charge in [0.25, 0.3) is 5.91 Å². The van der Waals surface area contributed by atoms with E-state index >= 15 is 0 Å². The van der Waals surface area contributed by atoms with Crippen molar-refractivity contribution in [1.29, 1.82) is 0 Å². The van der Waals surface area contributed by atoms with Crippen LogP contribution in [0.25, 0.3) is 11.3 Å². The number of carbonyl (C=O) groups excluding carboxylic acids is 2. The van der Waals surface area contributed by atoms with Crippen LogP contribution >= 0.6 is 0 Å². The highest BCUT2D eigenvalue weighted by atomic mass is 16.3. The number of carbonyl (C=O) groups is 2. The predicted octanol–water partition coefficient (Wildman–Crippen LogP) is 1.80. The van der Waals surface area contributed by atoms with Crippen molar-refractivity contribution in [2.45, 2.75) is 25.4 Å². The second-order valence-electron chi connectivity index (χ2n) is 6.46. The highest BCUT2D eigenvalue weighted by Gasteiger charge is 2.34. The number of aryl methyl sites for hydroxylation is 1. The van der Waals surface area contributed by atoms with E-state index in [1.807, 2.05) is 43.1 Å². The van der Waals surface area contributed by atoms with Gasteiger partial charge in [-0.2, -0.15) is 0 Å². The maximum absolute atomic E-state index is 12.5. The van der Waals surface area contributed by atoms with Crippen molar-refractivity contribution in [2.75, 3.05) is 20.6 Å². The summed E-state index contributed by atoms with van der Waals surface area (Å²) in [4.78, 5) is 26.2. The Morgan fingerprint density at radius 3 is 2.48 bits per heavy atom. The van der Waals surface area contributed by atoms with Crippen LogP contribution in [0.4, 0.5) is 0 Å². The van der Waals surface area contributed by atoms with E-state index in [2.05, 4.69) is 10.6 Å². The third-order valence-corrected chi connectivity index (χ3v) is 4.60. The average molecular weight is 341 g/mol. The fourth-order valence-corrected chi connectivity index (χ4v) is 3.22. The number of hydrogen-bond donors (Lipinski definition) is 2. The summed E-state index contributed by atoms with van der Waals surface area (Å²) in [5.41, 5.74) is 1.53. The minimum absolute atomic E-state index is 0.0163. The number of furan rings is 1. The molecule has 132 valence electrons. The van der Waals surface area contributed by atoms with E-state index in [0.717, 1.165) is 17.1 Å². The molecular weight excluding hydrogens is 318 g/mol. The van der Waals surface area contributed by atoms with Crippen molar-refractivity contribution in [2.24, 2.45) is 0 Å². The highest BCUT2D eigenvalue weighted by molar-refractivity contribution is 5.95. The zero-order chi connectivity index (χ0) is 18.0. The molecule has 3 rings (SSSR count). The van der Waals surface area contributed by atoms with Gasteiger partial charge < -0.3 is 15.1 Å². The Balaban J connectivity index is 1.63. The van der Waals surface area contributed by atoms with E-state index in [1.54, 1.807) is 19.2 Å². The lowest BCUT2D eigenvalue weighted by molar-refractivity contribution is -0.124. The molecule has 0 radical (unpaired) electrons. The fraction of sp³-hybridized carbons (Fsp3) is 0.368. The molecule has 2 heterocycles. The standard InChI is InChI=1S/C19H23N3O3/c1-12-4-9-17(25-12)13-5-7-14(8-6-13)18(23)21-15-10-16(19(24)20-2)22(3)11-15/h4-9,15-16H,10-11H2,1-3H3,(H,20,24)(H,21,23)/t15-,16+/m1/s1. The average Bonchev–Trinajstić information content (AvgIpc) is 3.20. The van der Waals surface area contributed by atoms with Crippen LogP contribution in [0.1, 0.15) is 22.5 Å². The monoisotopic (exact) mass is 341 g/mol. The third-order valence-electron chi connectivity index (χ3n) is 4.60. The molecule has 6 nitrogen and oxygen atoms in total. The summed E-state index contributed by atoms with van der Waals surface area (Å²) in [6, 6.07) is 10.9. The molecule has 2 aromatic rings. The number of benzene rings is 1. The Morgan fingerprint density at radius 1 is 1.16 bits per heavy atom. The van der Waals surface area contributed by atoms with Gasteiger partial charge in [-0.3, -0.25) is 14.5 Å². The van der Waals surface area contributed by atoms with Crippen molar-refractivity contribution in [3.8, 4) is 11.3 Å². The molecule has 1 aromatic heterocycles. The molecule has 0 spiro atoms. The normalized spacial score (nSPS) is 20.4. The lowest BCUT2D eigenvalue weighted by Gasteiger charge is -2.16. The molecule has 0 unspecified atom stereocenters. The van der Waals surface area contributed by atoms with Gasteiger partial charge in [0, 0.05) is 30.8 Å². The first-order valence-corrected chi connectivity index (χ1v) is 8.37. The zero-order valence-electron chi connectivity index (χ0n) is 14.7. The summed E-state index contributed by atoms with van der Waals surface area (Å²) in [5, 5.41) is 5.68. The Kier molecular flexibility index (Phi) is 4.90. The van der Waals surface area contributed by atoms with Gasteiger partial charge in [0.1, 0.15) is 11.5 Å². The van der Waals surface area contributed by atoms with E-state index in [-0.39, 0.29) is 23.9 Å². The summed E-state index contributed by atoms with van der Waals surface area (Å²) in [5.74, 6) is 1.50. The van der Waals surface area contributed by atoms with Gasteiger partial charge in [-0.15, -0.1) is 0 Å². The molecule has 2 atom stereocenters. The SMILES string of the molecule is CNC(=O)[C@@H]1C[C@@H](NC(=O)c2ccc(-c3ccc(C)o3)cc2)CN1C. The first kappa shape index (κ1) is 17.2. The van der Waals surface area contributed by atoms with E-state index in [1.165, 1.54) is 0 Å². The molecule has 0 bridgehead atoms. The van der Waals surface area contributed by atoms with E-state index < -0.39 is 0 Å². The topological polar surface area (TPSA) is 74.6 Å². The summed E-state index contributed by atoms with van der Waals surface area (Å²) >= 11 is 0. The fourth-order valence-electron chi connectivity index (χ4n) is 3.22. The summed E-state index contributed by atoms with van der Waals surface area (Å²) in [6.45, 7) is 2.56. The molecule has 6 heteroatoms. The van der Waals surface area contributed by atoms with Crippen LogP contribution in [-0.2, 0) is 4.79 Å². The Hall–Kier alpha value is -2.60. The molecule has 1 fully saturated rings. The van der Waals surface area contributed by atoms with Crippen LogP contribution < -0.4 is 10.6 Å². The smallest absolute Gasteiger partial charge is 0.251 e. The molecule has 2 amide bonds. The Labute approximate surface area is 147 Å². The molecule has 1 aromatic carbocycles. The molecule has 0 saturated carbocycles. The lowest BCUT2D eigenvalue weighted by atomic mass is 10.1. The number of nitrogens with one attached hydrogen (secondary N) is 2. The maximum Gasteiger partial charge on any atom is 0.251 e. The largest absolute Gasteiger partial charge is 0.461 e. The van der Waals surface area contributed by atoms with Gasteiger partial charge in [0.2, 0.25) is 5.91 Å². The Bertz CT molecular complexity index is 766. The lowest BCUT2D eigenvalue weighted by Crippen LogP contribution is -2.39. The van der Waals surface area contributed by atoms with Crippen molar-refractivity contribution in [3.05, 3.63) is 47.7 Å². The van der Waals surface area contributed by atoms with Crippen molar-refractivity contribution in [1.82, 2.24) is 15.5 Å². The van der Waals surface area contributed by atoms with Crippen LogP contribution in [0.15, 0.2) is 40.8 Å². The number of rotatable bonds is 4. The van der Waals surface area contributed by atoms with E-state index in [9.17, 15) is 9.59 Å². The highest BCUT2D eigenvalue weighted by Crippen LogP contribution is 2.22. The third kappa shape index (κ3) is 3.74. The summed E-state index contributed by atoms with van der Waals surface area (Å²) in [6.07, 6.45) is 0.617. The van der Waals surface area contributed by atoms with Crippen molar-refractivity contribution in [3.63, 3.8) is 0 Å². The molecule has 25 heavy (non-hydrogen) atoms. The van der Waals surface area contributed by atoms with Gasteiger partial charge in [0.15, 0.2) is 0 Å². The quantitative estimate of drug-likeness (QED) is 0.889. The number of likely N-dealkylation sites (N-methyl/N-ethyl adjacent to an activating group) is 2. The molecular formula is C19H23N3O3. The minimum Gasteiger partial charge on any atom is -0.461 e. The van der Waals surface area contributed by atoms with Gasteiger partial charge in [0.05, 0.1) is 6.04 Å². The van der Waals surface area contributed by atoms with Crippen LogP contribution in [-0.4, -0.2) is 49.4 Å². The second-order valence-corrected chi connectivity index (χ2v) is 6.46.